The summed E-state index contributed by atoms with van der Waals surface area (Å²) in [6.45, 7) is 10.6. The van der Waals surface area contributed by atoms with Gasteiger partial charge in [-0.2, -0.15) is 0 Å². The molecule has 0 unspecified atom stereocenters. The van der Waals surface area contributed by atoms with Gasteiger partial charge in [-0.25, -0.2) is 0 Å². The van der Waals surface area contributed by atoms with Crippen LogP contribution in [0.1, 0.15) is 33.1 Å². The molecule has 4 nitrogen and oxygen atoms in total. The van der Waals surface area contributed by atoms with Crippen molar-refractivity contribution in [3.05, 3.63) is 35.6 Å². The van der Waals surface area contributed by atoms with E-state index in [1.165, 1.54) is 11.1 Å². The second-order valence-corrected chi connectivity index (χ2v) is 5.74. The number of hydrogen-bond donors (Lipinski definition) is 2. The summed E-state index contributed by atoms with van der Waals surface area (Å²) in [5, 5.41) is 6.85. The van der Waals surface area contributed by atoms with E-state index in [2.05, 4.69) is 30.2 Å². The summed E-state index contributed by atoms with van der Waals surface area (Å²) in [5.41, 5.74) is 2.79. The van der Waals surface area contributed by atoms with Crippen LogP contribution in [0, 0.1) is 0 Å². The molecule has 1 aliphatic carbocycles. The zero-order valence-corrected chi connectivity index (χ0v) is 14.6. The molecule has 0 aliphatic heterocycles. The third-order valence-corrected chi connectivity index (χ3v) is 4.20. The van der Waals surface area contributed by atoms with Gasteiger partial charge in [-0.1, -0.05) is 6.08 Å². The van der Waals surface area contributed by atoms with Gasteiger partial charge in [-0.05, 0) is 70.5 Å². The fourth-order valence-electron chi connectivity index (χ4n) is 2.78. The zero-order valence-electron chi connectivity index (χ0n) is 14.6. The average molecular weight is 308 g/mol. The molecule has 2 atom stereocenters. The van der Waals surface area contributed by atoms with E-state index in [4.69, 9.17) is 9.47 Å². The van der Waals surface area contributed by atoms with Crippen molar-refractivity contribution in [3.63, 3.8) is 0 Å². The van der Waals surface area contributed by atoms with Crippen molar-refractivity contribution in [2.45, 2.75) is 45.3 Å². The van der Waals surface area contributed by atoms with Gasteiger partial charge in [0, 0.05) is 6.04 Å². The van der Waals surface area contributed by atoms with Gasteiger partial charge in [0.15, 0.2) is 0 Å². The zero-order chi connectivity index (χ0) is 16.4. The average Bonchev–Trinajstić information content (AvgIpc) is 2.82. The Hall–Kier alpha value is -1.10. The van der Waals surface area contributed by atoms with Crippen molar-refractivity contribution in [1.29, 1.82) is 0 Å². The predicted octanol–water partition coefficient (Wildman–Crippen LogP) is 2.79. The van der Waals surface area contributed by atoms with Crippen LogP contribution < -0.4 is 10.6 Å². The summed E-state index contributed by atoms with van der Waals surface area (Å²) in [6.07, 6.45) is 7.22. The van der Waals surface area contributed by atoms with Gasteiger partial charge >= 0.3 is 0 Å². The van der Waals surface area contributed by atoms with Gasteiger partial charge in [-0.3, -0.25) is 0 Å². The summed E-state index contributed by atoms with van der Waals surface area (Å²) >= 11 is 0. The maximum atomic E-state index is 5.91. The van der Waals surface area contributed by atoms with Crippen LogP contribution in [0.15, 0.2) is 35.6 Å². The van der Waals surface area contributed by atoms with E-state index in [1.807, 2.05) is 20.0 Å². The molecule has 0 aromatic carbocycles. The highest BCUT2D eigenvalue weighted by Gasteiger charge is 2.30. The Morgan fingerprint density at radius 2 is 2.18 bits per heavy atom. The van der Waals surface area contributed by atoms with E-state index in [-0.39, 0.29) is 6.10 Å². The van der Waals surface area contributed by atoms with E-state index < -0.39 is 0 Å². The first-order chi connectivity index (χ1) is 10.6. The summed E-state index contributed by atoms with van der Waals surface area (Å²) in [4.78, 5) is 0. The largest absolute Gasteiger partial charge is 0.502 e. The highest BCUT2D eigenvalue weighted by molar-refractivity contribution is 5.31. The Balaban J connectivity index is 2.69. The molecular formula is C18H32N2O2. The summed E-state index contributed by atoms with van der Waals surface area (Å²) in [6, 6.07) is 0.396. The van der Waals surface area contributed by atoms with Crippen LogP contribution in [-0.4, -0.2) is 46.0 Å². The topological polar surface area (TPSA) is 42.5 Å². The van der Waals surface area contributed by atoms with Crippen molar-refractivity contribution in [3.8, 4) is 0 Å². The van der Waals surface area contributed by atoms with Crippen LogP contribution >= 0.6 is 0 Å². The van der Waals surface area contributed by atoms with Crippen molar-refractivity contribution in [2.24, 2.45) is 0 Å². The Morgan fingerprint density at radius 3 is 2.82 bits per heavy atom. The lowest BCUT2D eigenvalue weighted by molar-refractivity contribution is 0.0976. The van der Waals surface area contributed by atoms with Gasteiger partial charge in [0.25, 0.3) is 0 Å². The van der Waals surface area contributed by atoms with Gasteiger partial charge in [-0.15, -0.1) is 6.58 Å². The monoisotopic (exact) mass is 308 g/mol. The Morgan fingerprint density at radius 1 is 1.41 bits per heavy atom. The van der Waals surface area contributed by atoms with E-state index in [0.717, 1.165) is 38.1 Å². The first-order valence-electron chi connectivity index (χ1n) is 8.14. The SMILES string of the molecule is C=CCO[C@@H]1C[C@H](NCCCNC)C(C/C=C(\C)OC)=C1C. The lowest BCUT2D eigenvalue weighted by Gasteiger charge is -2.17. The van der Waals surface area contributed by atoms with Gasteiger partial charge in [0.2, 0.25) is 0 Å². The van der Waals surface area contributed by atoms with Crippen LogP contribution in [0.5, 0.6) is 0 Å². The molecule has 126 valence electrons. The smallest absolute Gasteiger partial charge is 0.0888 e. The molecule has 2 N–H and O–H groups in total. The van der Waals surface area contributed by atoms with Crippen LogP contribution in [0.2, 0.25) is 0 Å². The van der Waals surface area contributed by atoms with Crippen molar-refractivity contribution >= 4 is 0 Å². The predicted molar refractivity (Wildman–Crippen MR) is 93.0 cm³/mol. The third-order valence-electron chi connectivity index (χ3n) is 4.20. The minimum absolute atomic E-state index is 0.200. The minimum atomic E-state index is 0.200. The van der Waals surface area contributed by atoms with Crippen LogP contribution in [0.4, 0.5) is 0 Å². The van der Waals surface area contributed by atoms with Crippen LogP contribution in [0.3, 0.4) is 0 Å². The van der Waals surface area contributed by atoms with Crippen molar-refractivity contribution in [2.75, 3.05) is 33.9 Å². The summed E-state index contributed by atoms with van der Waals surface area (Å²) in [5.74, 6) is 0.963. The number of rotatable bonds is 11. The maximum absolute atomic E-state index is 5.91. The Labute approximate surface area is 135 Å². The third kappa shape index (κ3) is 5.95. The molecule has 4 heteroatoms. The first kappa shape index (κ1) is 18.9. The van der Waals surface area contributed by atoms with Crippen LogP contribution in [0.25, 0.3) is 0 Å². The molecule has 0 saturated heterocycles. The number of hydrogen-bond acceptors (Lipinski definition) is 4. The number of ether oxygens (including phenoxy) is 2. The minimum Gasteiger partial charge on any atom is -0.502 e. The van der Waals surface area contributed by atoms with E-state index in [9.17, 15) is 0 Å². The fourth-order valence-corrected chi connectivity index (χ4v) is 2.78. The fraction of sp³-hybridized carbons (Fsp3) is 0.667. The lowest BCUT2D eigenvalue weighted by atomic mass is 10.0. The maximum Gasteiger partial charge on any atom is 0.0888 e. The molecule has 0 saturated carbocycles. The molecule has 0 bridgehead atoms. The molecule has 0 aromatic rings. The van der Waals surface area contributed by atoms with Crippen molar-refractivity contribution < 1.29 is 9.47 Å². The second-order valence-electron chi connectivity index (χ2n) is 5.74. The van der Waals surface area contributed by atoms with Crippen LogP contribution in [-0.2, 0) is 9.47 Å². The summed E-state index contributed by atoms with van der Waals surface area (Å²) in [7, 11) is 3.70. The molecule has 0 radical (unpaired) electrons. The molecule has 0 spiro atoms. The number of nitrogens with one attached hydrogen (secondary N) is 2. The van der Waals surface area contributed by atoms with Crippen molar-refractivity contribution in [1.82, 2.24) is 10.6 Å². The summed E-state index contributed by atoms with van der Waals surface area (Å²) < 4.78 is 11.2. The molecule has 0 amide bonds. The quantitative estimate of drug-likeness (QED) is 0.350. The number of methoxy groups -OCH3 is 1. The first-order valence-corrected chi connectivity index (χ1v) is 8.14. The van der Waals surface area contributed by atoms with Gasteiger partial charge in [0.1, 0.15) is 0 Å². The highest BCUT2D eigenvalue weighted by Crippen LogP contribution is 2.32. The molecule has 1 aliphatic rings. The normalized spacial score (nSPS) is 22.3. The van der Waals surface area contributed by atoms with E-state index in [1.54, 1.807) is 7.11 Å². The number of allylic oxidation sites excluding steroid dienone is 2. The van der Waals surface area contributed by atoms with Gasteiger partial charge < -0.3 is 20.1 Å². The molecule has 22 heavy (non-hydrogen) atoms. The van der Waals surface area contributed by atoms with Gasteiger partial charge in [0.05, 0.1) is 25.6 Å². The molecule has 0 fully saturated rings. The highest BCUT2D eigenvalue weighted by atomic mass is 16.5. The lowest BCUT2D eigenvalue weighted by Crippen LogP contribution is -2.32. The molecule has 0 aromatic heterocycles. The van der Waals surface area contributed by atoms with E-state index >= 15 is 0 Å². The van der Waals surface area contributed by atoms with E-state index in [0.29, 0.717) is 12.6 Å². The Kier molecular flexibility index (Phi) is 9.13. The second kappa shape index (κ2) is 10.6. The Bertz CT molecular complexity index is 402. The molecule has 0 heterocycles. The molecule has 1 rings (SSSR count). The standard InChI is InChI=1S/C18H32N2O2/c1-6-12-22-18-13-17(20-11-7-10-19-4)16(15(18)3)9-8-14(2)21-5/h6,8,17-20H,1,7,9-13H2,2-5H3/b14-8+/t17-,18+/m0/s1. The molecular weight excluding hydrogens is 276 g/mol.